The summed E-state index contributed by atoms with van der Waals surface area (Å²) in [6.07, 6.45) is 0. The average Bonchev–Trinajstić information content (AvgIpc) is 3.04. The lowest BCUT2D eigenvalue weighted by Crippen LogP contribution is -2.13. The van der Waals surface area contributed by atoms with Crippen LogP contribution >= 0.6 is 0 Å². The van der Waals surface area contributed by atoms with Crippen molar-refractivity contribution in [1.29, 1.82) is 0 Å². The van der Waals surface area contributed by atoms with Gasteiger partial charge in [-0.15, -0.1) is 0 Å². The number of methoxy groups -OCH3 is 1. The van der Waals surface area contributed by atoms with Crippen molar-refractivity contribution >= 4 is 0 Å². The number of nitrogens with zero attached hydrogens (tertiary/aromatic N) is 2. The molecule has 3 aromatic rings. The quantitative estimate of drug-likeness (QED) is 0.686. The molecule has 1 atom stereocenters. The number of phenolic OH excluding ortho intramolecular Hbond substituents is 1. The second kappa shape index (κ2) is 5.87. The van der Waals surface area contributed by atoms with Gasteiger partial charge in [-0.25, -0.2) is 4.98 Å². The fraction of sp³-hybridized carbons (Fsp3) is 0.125. The van der Waals surface area contributed by atoms with Gasteiger partial charge in [-0.05, 0) is 29.8 Å². The molecular formula is C16H16N4O2. The van der Waals surface area contributed by atoms with E-state index in [9.17, 15) is 5.11 Å². The summed E-state index contributed by atoms with van der Waals surface area (Å²) in [6.45, 7) is 0. The second-order valence-corrected chi connectivity index (χ2v) is 4.85. The van der Waals surface area contributed by atoms with E-state index in [0.717, 1.165) is 16.9 Å². The molecule has 0 amide bonds. The molecule has 0 aliphatic carbocycles. The smallest absolute Gasteiger partial charge is 0.181 e. The highest BCUT2D eigenvalue weighted by Gasteiger charge is 2.15. The van der Waals surface area contributed by atoms with Gasteiger partial charge in [-0.1, -0.05) is 24.3 Å². The van der Waals surface area contributed by atoms with E-state index < -0.39 is 6.04 Å². The maximum Gasteiger partial charge on any atom is 0.181 e. The van der Waals surface area contributed by atoms with Gasteiger partial charge in [0.25, 0.3) is 0 Å². The summed E-state index contributed by atoms with van der Waals surface area (Å²) < 4.78 is 5.13. The van der Waals surface area contributed by atoms with Crippen molar-refractivity contribution in [2.75, 3.05) is 7.11 Å². The molecule has 6 heteroatoms. The first kappa shape index (κ1) is 14.1. The van der Waals surface area contributed by atoms with Crippen molar-refractivity contribution in [2.24, 2.45) is 5.73 Å². The van der Waals surface area contributed by atoms with E-state index >= 15 is 0 Å². The molecule has 0 aliphatic heterocycles. The molecule has 112 valence electrons. The molecule has 0 unspecified atom stereocenters. The first-order valence-electron chi connectivity index (χ1n) is 6.78. The van der Waals surface area contributed by atoms with Gasteiger partial charge in [-0.3, -0.25) is 5.10 Å². The summed E-state index contributed by atoms with van der Waals surface area (Å²) in [4.78, 5) is 4.41. The van der Waals surface area contributed by atoms with Crippen LogP contribution in [-0.2, 0) is 0 Å². The number of aromatic nitrogens is 3. The zero-order chi connectivity index (χ0) is 15.5. The topological polar surface area (TPSA) is 97.1 Å². The fourth-order valence-electron chi connectivity index (χ4n) is 2.16. The third-order valence-electron chi connectivity index (χ3n) is 3.38. The third kappa shape index (κ3) is 2.77. The Labute approximate surface area is 127 Å². The lowest BCUT2D eigenvalue weighted by atomic mass is 10.1. The second-order valence-electron chi connectivity index (χ2n) is 4.85. The number of H-pyrrole nitrogens is 1. The Kier molecular flexibility index (Phi) is 3.76. The van der Waals surface area contributed by atoms with Crippen molar-refractivity contribution < 1.29 is 9.84 Å². The van der Waals surface area contributed by atoms with Crippen LogP contribution in [0.3, 0.4) is 0 Å². The first-order valence-corrected chi connectivity index (χ1v) is 6.78. The highest BCUT2D eigenvalue weighted by molar-refractivity contribution is 5.57. The Balaban J connectivity index is 1.86. The SMILES string of the molecule is COc1ccc([C@H](N)c2nc(-c3cccc(O)c3)n[nH]2)cc1. The lowest BCUT2D eigenvalue weighted by Gasteiger charge is -2.09. The van der Waals surface area contributed by atoms with Crippen LogP contribution in [0.5, 0.6) is 11.5 Å². The van der Waals surface area contributed by atoms with Crippen LogP contribution in [0.2, 0.25) is 0 Å². The summed E-state index contributed by atoms with van der Waals surface area (Å²) >= 11 is 0. The summed E-state index contributed by atoms with van der Waals surface area (Å²) in [5.74, 6) is 2.00. The zero-order valence-corrected chi connectivity index (χ0v) is 12.0. The standard InChI is InChI=1S/C16H16N4O2/c1-22-13-7-5-10(6-8-13)14(17)16-18-15(19-20-16)11-3-2-4-12(21)9-11/h2-9,14,21H,17H2,1H3,(H,18,19,20)/t14-/m0/s1. The molecule has 1 aromatic heterocycles. The van der Waals surface area contributed by atoms with E-state index in [-0.39, 0.29) is 5.75 Å². The minimum absolute atomic E-state index is 0.170. The number of hydrogen-bond acceptors (Lipinski definition) is 5. The number of nitrogens with two attached hydrogens (primary N) is 1. The maximum absolute atomic E-state index is 9.52. The van der Waals surface area contributed by atoms with Crippen molar-refractivity contribution in [3.8, 4) is 22.9 Å². The first-order chi connectivity index (χ1) is 10.7. The molecule has 0 aliphatic rings. The van der Waals surface area contributed by atoms with Crippen LogP contribution in [0.4, 0.5) is 0 Å². The normalized spacial score (nSPS) is 12.1. The van der Waals surface area contributed by atoms with Gasteiger partial charge >= 0.3 is 0 Å². The number of benzene rings is 2. The van der Waals surface area contributed by atoms with Crippen LogP contribution in [-0.4, -0.2) is 27.4 Å². The van der Waals surface area contributed by atoms with Gasteiger partial charge in [0.15, 0.2) is 5.82 Å². The van der Waals surface area contributed by atoms with Crippen LogP contribution < -0.4 is 10.5 Å². The van der Waals surface area contributed by atoms with E-state index in [4.69, 9.17) is 10.5 Å². The molecule has 0 bridgehead atoms. The van der Waals surface area contributed by atoms with Crippen molar-refractivity contribution in [3.63, 3.8) is 0 Å². The molecular weight excluding hydrogens is 280 g/mol. The molecule has 2 aromatic carbocycles. The zero-order valence-electron chi connectivity index (χ0n) is 12.0. The molecule has 0 spiro atoms. The molecule has 4 N–H and O–H groups in total. The van der Waals surface area contributed by atoms with Gasteiger partial charge in [0, 0.05) is 5.56 Å². The van der Waals surface area contributed by atoms with Gasteiger partial charge in [0.05, 0.1) is 13.2 Å². The molecule has 1 heterocycles. The number of nitrogens with one attached hydrogen (secondary N) is 1. The largest absolute Gasteiger partial charge is 0.508 e. The Morgan fingerprint density at radius 2 is 1.95 bits per heavy atom. The molecule has 0 radical (unpaired) electrons. The molecule has 22 heavy (non-hydrogen) atoms. The minimum atomic E-state index is -0.413. The number of hydrogen-bond donors (Lipinski definition) is 3. The number of aromatic amines is 1. The van der Waals surface area contributed by atoms with Crippen molar-refractivity contribution in [1.82, 2.24) is 15.2 Å². The summed E-state index contributed by atoms with van der Waals surface area (Å²) in [5, 5.41) is 16.5. The highest BCUT2D eigenvalue weighted by atomic mass is 16.5. The van der Waals surface area contributed by atoms with E-state index in [1.54, 1.807) is 25.3 Å². The third-order valence-corrected chi connectivity index (χ3v) is 3.38. The van der Waals surface area contributed by atoms with Gasteiger partial charge in [0.2, 0.25) is 0 Å². The van der Waals surface area contributed by atoms with Crippen molar-refractivity contribution in [3.05, 3.63) is 59.9 Å². The molecule has 0 saturated heterocycles. The Bertz CT molecular complexity index is 768. The van der Waals surface area contributed by atoms with E-state index in [1.807, 2.05) is 30.3 Å². The predicted octanol–water partition coefficient (Wildman–Crippen LogP) is 2.23. The Hall–Kier alpha value is -2.86. The molecule has 0 fully saturated rings. The summed E-state index contributed by atoms with van der Waals surface area (Å²) in [5.41, 5.74) is 7.83. The summed E-state index contributed by atoms with van der Waals surface area (Å²) in [7, 11) is 1.62. The molecule has 6 nitrogen and oxygen atoms in total. The predicted molar refractivity (Wildman–Crippen MR) is 82.5 cm³/mol. The van der Waals surface area contributed by atoms with E-state index in [1.165, 1.54) is 0 Å². The van der Waals surface area contributed by atoms with Crippen LogP contribution in [0, 0.1) is 0 Å². The average molecular weight is 296 g/mol. The van der Waals surface area contributed by atoms with Gasteiger partial charge in [-0.2, -0.15) is 5.10 Å². The lowest BCUT2D eigenvalue weighted by molar-refractivity contribution is 0.414. The number of rotatable bonds is 4. The van der Waals surface area contributed by atoms with Gasteiger partial charge in [0.1, 0.15) is 17.3 Å². The van der Waals surface area contributed by atoms with Gasteiger partial charge < -0.3 is 15.6 Å². The van der Waals surface area contributed by atoms with Crippen LogP contribution in [0.15, 0.2) is 48.5 Å². The fourth-order valence-corrected chi connectivity index (χ4v) is 2.16. The number of ether oxygens (including phenoxy) is 1. The van der Waals surface area contributed by atoms with E-state index in [0.29, 0.717) is 11.6 Å². The number of phenols is 1. The molecule has 3 rings (SSSR count). The van der Waals surface area contributed by atoms with E-state index in [2.05, 4.69) is 15.2 Å². The Morgan fingerprint density at radius 3 is 2.64 bits per heavy atom. The monoisotopic (exact) mass is 296 g/mol. The minimum Gasteiger partial charge on any atom is -0.508 e. The highest BCUT2D eigenvalue weighted by Crippen LogP contribution is 2.23. The van der Waals surface area contributed by atoms with Crippen LogP contribution in [0.25, 0.3) is 11.4 Å². The molecule has 0 saturated carbocycles. The number of aromatic hydroxyl groups is 1. The Morgan fingerprint density at radius 1 is 1.18 bits per heavy atom. The summed E-state index contributed by atoms with van der Waals surface area (Å²) in [6, 6.07) is 13.8. The van der Waals surface area contributed by atoms with Crippen molar-refractivity contribution in [2.45, 2.75) is 6.04 Å². The van der Waals surface area contributed by atoms with Crippen LogP contribution in [0.1, 0.15) is 17.4 Å². The maximum atomic E-state index is 9.52.